The van der Waals surface area contributed by atoms with E-state index in [-0.39, 0.29) is 12.2 Å². The molecule has 4 atom stereocenters. The highest BCUT2D eigenvalue weighted by atomic mass is 35.5. The number of halogens is 2. The molecular weight excluding hydrogens is 219 g/mol. The van der Waals surface area contributed by atoms with Crippen LogP contribution in [0.25, 0.3) is 0 Å². The van der Waals surface area contributed by atoms with Crippen molar-refractivity contribution in [3.05, 3.63) is 35.4 Å². The van der Waals surface area contributed by atoms with Crippen molar-refractivity contribution in [3.8, 4) is 0 Å². The lowest BCUT2D eigenvalue weighted by Crippen LogP contribution is -2.05. The van der Waals surface area contributed by atoms with Gasteiger partial charge < -0.3 is 4.74 Å². The highest BCUT2D eigenvalue weighted by Crippen LogP contribution is 2.78. The molecule has 2 heterocycles. The number of hydrogen-bond donors (Lipinski definition) is 0. The van der Waals surface area contributed by atoms with Crippen LogP contribution in [0.2, 0.25) is 0 Å². The zero-order valence-electron chi connectivity index (χ0n) is 7.28. The molecule has 1 saturated heterocycles. The largest absolute Gasteiger partial charge is 0.365 e. The van der Waals surface area contributed by atoms with Crippen LogP contribution >= 0.6 is 23.2 Å². The van der Waals surface area contributed by atoms with Crippen molar-refractivity contribution in [2.24, 2.45) is 11.8 Å². The molecule has 2 fully saturated rings. The number of alkyl halides is 2. The first-order valence-electron chi connectivity index (χ1n) is 4.83. The van der Waals surface area contributed by atoms with E-state index in [1.165, 1.54) is 11.1 Å². The molecule has 2 aliphatic heterocycles. The van der Waals surface area contributed by atoms with Crippen LogP contribution in [0.1, 0.15) is 23.3 Å². The summed E-state index contributed by atoms with van der Waals surface area (Å²) in [6, 6.07) is 8.34. The second kappa shape index (κ2) is 2.13. The molecule has 0 aromatic heterocycles. The molecule has 3 heteroatoms. The fraction of sp³-hybridized carbons (Fsp3) is 0.455. The van der Waals surface area contributed by atoms with E-state index in [0.29, 0.717) is 11.8 Å². The lowest BCUT2D eigenvalue weighted by atomic mass is 9.92. The molecule has 0 radical (unpaired) electrons. The van der Waals surface area contributed by atoms with E-state index >= 15 is 0 Å². The Morgan fingerprint density at radius 2 is 1.50 bits per heavy atom. The Hall–Kier alpha value is -0.240. The predicted molar refractivity (Wildman–Crippen MR) is 54.4 cm³/mol. The standard InChI is InChI=1S/C11H8Cl2O/c12-11(13)7-8(11)10-6-4-2-1-3-5(6)9(7)14-10/h1-4,7-10H. The highest BCUT2D eigenvalue weighted by molar-refractivity contribution is 6.51. The van der Waals surface area contributed by atoms with Gasteiger partial charge in [0.1, 0.15) is 4.33 Å². The minimum absolute atomic E-state index is 0.149. The third-order valence-corrected chi connectivity index (χ3v) is 4.73. The van der Waals surface area contributed by atoms with Crippen LogP contribution in [0.15, 0.2) is 24.3 Å². The van der Waals surface area contributed by atoms with Crippen LogP contribution in [0.5, 0.6) is 0 Å². The zero-order valence-corrected chi connectivity index (χ0v) is 8.79. The second-order valence-electron chi connectivity index (χ2n) is 4.33. The summed E-state index contributed by atoms with van der Waals surface area (Å²) < 4.78 is 5.34. The van der Waals surface area contributed by atoms with Crippen molar-refractivity contribution in [1.29, 1.82) is 0 Å². The fourth-order valence-electron chi connectivity index (χ4n) is 3.05. The van der Waals surface area contributed by atoms with E-state index in [0.717, 1.165) is 0 Å². The normalized spacial score (nSPS) is 44.7. The minimum Gasteiger partial charge on any atom is -0.365 e. The average Bonchev–Trinajstić information content (AvgIpc) is 2.58. The van der Waals surface area contributed by atoms with Gasteiger partial charge in [0.15, 0.2) is 0 Å². The Morgan fingerprint density at radius 1 is 1.00 bits per heavy atom. The first-order valence-corrected chi connectivity index (χ1v) is 5.59. The van der Waals surface area contributed by atoms with Gasteiger partial charge in [0.25, 0.3) is 0 Å². The van der Waals surface area contributed by atoms with Crippen LogP contribution in [-0.2, 0) is 4.74 Å². The molecule has 1 saturated carbocycles. The molecule has 0 amide bonds. The van der Waals surface area contributed by atoms with Gasteiger partial charge in [-0.3, -0.25) is 0 Å². The fourth-order valence-corrected chi connectivity index (χ4v) is 3.92. The highest BCUT2D eigenvalue weighted by Gasteiger charge is 2.77. The summed E-state index contributed by atoms with van der Waals surface area (Å²) in [6.07, 6.45) is 0.299. The molecule has 72 valence electrons. The predicted octanol–water partition coefficient (Wildman–Crippen LogP) is 3.23. The monoisotopic (exact) mass is 226 g/mol. The summed E-state index contributed by atoms with van der Waals surface area (Å²) >= 11 is 12.4. The van der Waals surface area contributed by atoms with Crippen molar-refractivity contribution >= 4 is 23.2 Å². The van der Waals surface area contributed by atoms with Crippen molar-refractivity contribution in [1.82, 2.24) is 0 Å². The van der Waals surface area contributed by atoms with E-state index < -0.39 is 4.33 Å². The van der Waals surface area contributed by atoms with Gasteiger partial charge in [0, 0.05) is 11.8 Å². The molecule has 4 unspecified atom stereocenters. The van der Waals surface area contributed by atoms with Crippen molar-refractivity contribution in [2.75, 3.05) is 0 Å². The number of benzene rings is 1. The summed E-state index contributed by atoms with van der Waals surface area (Å²) in [4.78, 5) is 0. The Morgan fingerprint density at radius 3 is 2.00 bits per heavy atom. The Kier molecular flexibility index (Phi) is 1.22. The van der Waals surface area contributed by atoms with E-state index in [2.05, 4.69) is 12.1 Å². The molecule has 1 aromatic carbocycles. The van der Waals surface area contributed by atoms with E-state index in [1.807, 2.05) is 12.1 Å². The number of fused-ring (bicyclic) bond motifs is 8. The van der Waals surface area contributed by atoms with Crippen LogP contribution < -0.4 is 0 Å². The number of ether oxygens (including phenoxy) is 1. The third kappa shape index (κ3) is 0.680. The Balaban J connectivity index is 1.91. The molecule has 1 nitrogen and oxygen atoms in total. The average molecular weight is 227 g/mol. The number of hydrogen-bond acceptors (Lipinski definition) is 1. The summed E-state index contributed by atoms with van der Waals surface area (Å²) in [6.45, 7) is 0. The van der Waals surface area contributed by atoms with Gasteiger partial charge in [-0.05, 0) is 11.1 Å². The second-order valence-corrected chi connectivity index (χ2v) is 5.78. The maximum atomic E-state index is 6.21. The lowest BCUT2D eigenvalue weighted by Gasteiger charge is -2.11. The molecule has 0 N–H and O–H groups in total. The summed E-state index contributed by atoms with van der Waals surface area (Å²) in [5.74, 6) is 0.650. The summed E-state index contributed by atoms with van der Waals surface area (Å²) in [7, 11) is 0. The van der Waals surface area contributed by atoms with Gasteiger partial charge in [-0.25, -0.2) is 0 Å². The lowest BCUT2D eigenvalue weighted by molar-refractivity contribution is 0.0373. The molecular formula is C11H8Cl2O. The van der Waals surface area contributed by atoms with E-state index in [1.54, 1.807) is 0 Å². The number of rotatable bonds is 0. The van der Waals surface area contributed by atoms with Gasteiger partial charge in [0.2, 0.25) is 0 Å². The molecule has 1 aliphatic carbocycles. The topological polar surface area (TPSA) is 9.23 Å². The van der Waals surface area contributed by atoms with Gasteiger partial charge >= 0.3 is 0 Å². The zero-order chi connectivity index (χ0) is 9.50. The summed E-state index contributed by atoms with van der Waals surface area (Å²) in [5, 5.41) is 0. The molecule has 14 heavy (non-hydrogen) atoms. The van der Waals surface area contributed by atoms with Crippen molar-refractivity contribution < 1.29 is 4.74 Å². The first-order chi connectivity index (χ1) is 6.71. The van der Waals surface area contributed by atoms with Gasteiger partial charge in [0.05, 0.1) is 12.2 Å². The van der Waals surface area contributed by atoms with Gasteiger partial charge in [-0.1, -0.05) is 24.3 Å². The van der Waals surface area contributed by atoms with Crippen LogP contribution in [0.3, 0.4) is 0 Å². The molecule has 1 aromatic rings. The molecule has 0 spiro atoms. The van der Waals surface area contributed by atoms with Crippen molar-refractivity contribution in [3.63, 3.8) is 0 Å². The molecule has 2 bridgehead atoms. The SMILES string of the molecule is ClC1(Cl)C2C3OC(c4ccccc43)C21. The maximum Gasteiger partial charge on any atom is 0.130 e. The van der Waals surface area contributed by atoms with Crippen LogP contribution in [-0.4, -0.2) is 4.33 Å². The van der Waals surface area contributed by atoms with Crippen molar-refractivity contribution in [2.45, 2.75) is 16.5 Å². The molecule has 4 rings (SSSR count). The van der Waals surface area contributed by atoms with E-state index in [9.17, 15) is 0 Å². The minimum atomic E-state index is -0.535. The Labute approximate surface area is 92.0 Å². The maximum absolute atomic E-state index is 6.21. The van der Waals surface area contributed by atoms with Crippen LogP contribution in [0, 0.1) is 11.8 Å². The quantitative estimate of drug-likeness (QED) is 0.618. The smallest absolute Gasteiger partial charge is 0.130 e. The van der Waals surface area contributed by atoms with Crippen LogP contribution in [0.4, 0.5) is 0 Å². The van der Waals surface area contributed by atoms with E-state index in [4.69, 9.17) is 27.9 Å². The Bertz CT molecular complexity index is 392. The van der Waals surface area contributed by atoms with Gasteiger partial charge in [-0.2, -0.15) is 0 Å². The molecule has 3 aliphatic rings. The van der Waals surface area contributed by atoms with Gasteiger partial charge in [-0.15, -0.1) is 23.2 Å². The summed E-state index contributed by atoms with van der Waals surface area (Å²) in [5.41, 5.74) is 2.59. The first kappa shape index (κ1) is 7.98. The third-order valence-electron chi connectivity index (χ3n) is 3.72.